The van der Waals surface area contributed by atoms with Gasteiger partial charge >= 0.3 is 11.9 Å². The van der Waals surface area contributed by atoms with Gasteiger partial charge in [0.25, 0.3) is 0 Å². The molecule has 3 atom stereocenters. The van der Waals surface area contributed by atoms with Gasteiger partial charge in [0.05, 0.1) is 24.9 Å². The summed E-state index contributed by atoms with van der Waals surface area (Å²) in [7, 11) is -3.22. The van der Waals surface area contributed by atoms with Crippen LogP contribution in [-0.2, 0) is 45.8 Å². The minimum atomic E-state index is -3.22. The molecule has 228 valence electrons. The van der Waals surface area contributed by atoms with Crippen LogP contribution in [0, 0.1) is 0 Å². The second-order valence-corrected chi connectivity index (χ2v) is 13.6. The van der Waals surface area contributed by atoms with Crippen LogP contribution >= 0.6 is 0 Å². The van der Waals surface area contributed by atoms with E-state index < -0.39 is 40.3 Å². The maximum absolute atomic E-state index is 13.0. The molecule has 0 aliphatic carbocycles. The van der Waals surface area contributed by atoms with Crippen LogP contribution in [0.15, 0.2) is 23.2 Å². The molecule has 0 spiro atoms. The van der Waals surface area contributed by atoms with Crippen LogP contribution in [0.4, 0.5) is 5.82 Å². The van der Waals surface area contributed by atoms with E-state index in [1.54, 1.807) is 6.07 Å². The van der Waals surface area contributed by atoms with Crippen LogP contribution in [0.1, 0.15) is 58.1 Å². The number of sulfonamides is 1. The zero-order valence-corrected chi connectivity index (χ0v) is 25.0. The molecule has 3 aromatic rings. The third-order valence-electron chi connectivity index (χ3n) is 7.23. The van der Waals surface area contributed by atoms with Gasteiger partial charge in [-0.1, -0.05) is 25.9 Å². The van der Waals surface area contributed by atoms with Gasteiger partial charge in [0.1, 0.15) is 18.4 Å². The number of fused-ring (bicyclic) bond motifs is 1. The van der Waals surface area contributed by atoms with Crippen LogP contribution in [0.2, 0.25) is 0 Å². The molecule has 15 nitrogen and oxygen atoms in total. The van der Waals surface area contributed by atoms with Gasteiger partial charge in [-0.15, -0.1) is 0 Å². The lowest BCUT2D eigenvalue weighted by atomic mass is 9.92. The van der Waals surface area contributed by atoms with E-state index in [9.17, 15) is 18.0 Å². The summed E-state index contributed by atoms with van der Waals surface area (Å²) in [5.74, 6) is -0.279. The number of ether oxygens (including phenoxy) is 3. The topological polar surface area (TPSA) is 181 Å². The fraction of sp³-hybridized carbons (Fsp3) is 0.615. The Hall–Kier alpha value is -3.63. The highest BCUT2D eigenvalue weighted by atomic mass is 32.2. The normalized spacial score (nSPS) is 22.4. The van der Waals surface area contributed by atoms with Gasteiger partial charge in [-0.2, -0.15) is 0 Å². The molecule has 5 rings (SSSR count). The van der Waals surface area contributed by atoms with E-state index in [1.807, 2.05) is 20.8 Å². The summed E-state index contributed by atoms with van der Waals surface area (Å²) in [5.41, 5.74) is 1.35. The number of rotatable bonds is 8. The average molecular weight is 606 g/mol. The molecule has 5 heterocycles. The second kappa shape index (κ2) is 11.6. The Kier molecular flexibility index (Phi) is 8.22. The lowest BCUT2D eigenvalue weighted by Crippen LogP contribution is -2.41. The van der Waals surface area contributed by atoms with Gasteiger partial charge in [0.2, 0.25) is 10.0 Å². The third-order valence-corrected chi connectivity index (χ3v) is 8.53. The minimum absolute atomic E-state index is 0.00102. The Bertz CT molecular complexity index is 1560. The number of imidazole rings is 1. The lowest BCUT2D eigenvalue weighted by Gasteiger charge is -2.30. The van der Waals surface area contributed by atoms with Gasteiger partial charge in [-0.05, 0) is 12.8 Å². The van der Waals surface area contributed by atoms with Crippen molar-refractivity contribution in [1.29, 1.82) is 0 Å². The Morgan fingerprint density at radius 3 is 2.52 bits per heavy atom. The lowest BCUT2D eigenvalue weighted by molar-refractivity contribution is -0.165. The Morgan fingerprint density at radius 2 is 1.88 bits per heavy atom. The van der Waals surface area contributed by atoms with Crippen LogP contribution < -0.4 is 5.32 Å². The zero-order chi connectivity index (χ0) is 30.2. The molecule has 2 fully saturated rings. The molecular weight excluding hydrogens is 570 g/mol. The summed E-state index contributed by atoms with van der Waals surface area (Å²) in [5, 5.41) is 7.44. The van der Waals surface area contributed by atoms with Gasteiger partial charge in [-0.25, -0.2) is 27.7 Å². The van der Waals surface area contributed by atoms with Crippen molar-refractivity contribution in [2.75, 3.05) is 31.3 Å². The first-order valence-electron chi connectivity index (χ1n) is 13.6. The largest absolute Gasteiger partial charge is 0.455 e. The summed E-state index contributed by atoms with van der Waals surface area (Å²) >= 11 is 0. The third kappa shape index (κ3) is 6.55. The van der Waals surface area contributed by atoms with Crippen LogP contribution in [-0.4, -0.2) is 93.5 Å². The first-order valence-corrected chi connectivity index (χ1v) is 15.5. The first kappa shape index (κ1) is 29.8. The van der Waals surface area contributed by atoms with Crippen molar-refractivity contribution in [2.24, 2.45) is 0 Å². The van der Waals surface area contributed by atoms with Crippen LogP contribution in [0.5, 0.6) is 0 Å². The number of hydrogen-bond acceptors (Lipinski definition) is 13. The summed E-state index contributed by atoms with van der Waals surface area (Å²) in [6.07, 6.45) is 2.71. The zero-order valence-electron chi connectivity index (χ0n) is 24.1. The molecule has 2 aliphatic rings. The minimum Gasteiger partial charge on any atom is -0.455 e. The Balaban J connectivity index is 1.25. The van der Waals surface area contributed by atoms with E-state index in [2.05, 4.69) is 25.4 Å². The highest BCUT2D eigenvalue weighted by molar-refractivity contribution is 7.88. The number of esters is 2. The number of nitrogens with zero attached hydrogens (tertiary/aromatic N) is 6. The molecule has 3 aromatic heterocycles. The number of anilines is 1. The van der Waals surface area contributed by atoms with Crippen molar-refractivity contribution in [3.63, 3.8) is 0 Å². The summed E-state index contributed by atoms with van der Waals surface area (Å²) < 4.78 is 49.1. The second-order valence-electron chi connectivity index (χ2n) is 11.6. The average Bonchev–Trinajstić information content (AvgIpc) is 3.64. The van der Waals surface area contributed by atoms with E-state index in [4.69, 9.17) is 18.7 Å². The van der Waals surface area contributed by atoms with Crippen molar-refractivity contribution >= 4 is 38.9 Å². The predicted molar refractivity (Wildman–Crippen MR) is 148 cm³/mol. The fourth-order valence-corrected chi connectivity index (χ4v) is 5.88. The molecule has 2 saturated heterocycles. The molecule has 1 N–H and O–H groups in total. The highest BCUT2D eigenvalue weighted by Gasteiger charge is 2.45. The standard InChI is InChI=1S/C26H35N7O8S/c1-15(34)39-23-18(12-38-22(23)17-10-19(31-41-17)26(2,3)4)40-20(35)11-32-14-29-21-24(27-13-28-25(21)32)30-16-6-8-33(9-7-16)42(5,36)37/h10,13-14,16,18,22-23H,6-9,11-12H2,1-5H3,(H,27,28,30)/t18-,22-,23-/m1/s1. The van der Waals surface area contributed by atoms with E-state index in [0.29, 0.717) is 54.4 Å². The summed E-state index contributed by atoms with van der Waals surface area (Å²) in [6.45, 7) is 7.88. The molecule has 0 bridgehead atoms. The van der Waals surface area contributed by atoms with Crippen molar-refractivity contribution in [2.45, 2.75) is 76.9 Å². The van der Waals surface area contributed by atoms with Crippen molar-refractivity contribution in [1.82, 2.24) is 29.0 Å². The van der Waals surface area contributed by atoms with Gasteiger partial charge in [-0.3, -0.25) is 9.59 Å². The maximum Gasteiger partial charge on any atom is 0.326 e. The number of hydrogen-bond donors (Lipinski definition) is 1. The van der Waals surface area contributed by atoms with E-state index in [1.165, 1.54) is 34.7 Å². The smallest absolute Gasteiger partial charge is 0.326 e. The summed E-state index contributed by atoms with van der Waals surface area (Å²) in [4.78, 5) is 37.9. The highest BCUT2D eigenvalue weighted by Crippen LogP contribution is 2.35. The maximum atomic E-state index is 13.0. The number of aromatic nitrogens is 5. The number of piperidine rings is 1. The number of carbonyl (C=O) groups excluding carboxylic acids is 2. The van der Waals surface area contributed by atoms with Crippen LogP contribution in [0.3, 0.4) is 0 Å². The molecule has 2 aliphatic heterocycles. The molecule has 42 heavy (non-hydrogen) atoms. The fourth-order valence-electron chi connectivity index (χ4n) is 5.01. The monoisotopic (exact) mass is 605 g/mol. The van der Waals surface area contributed by atoms with Crippen molar-refractivity contribution in [3.05, 3.63) is 30.2 Å². The van der Waals surface area contributed by atoms with Gasteiger partial charge < -0.3 is 28.6 Å². The Labute approximate surface area is 243 Å². The molecule has 0 radical (unpaired) electrons. The van der Waals surface area contributed by atoms with E-state index >= 15 is 0 Å². The number of carbonyl (C=O) groups is 2. The Morgan fingerprint density at radius 1 is 1.14 bits per heavy atom. The molecule has 0 amide bonds. The van der Waals surface area contributed by atoms with Gasteiger partial charge in [0, 0.05) is 37.5 Å². The summed E-state index contributed by atoms with van der Waals surface area (Å²) in [6, 6.07) is 1.76. The molecular formula is C26H35N7O8S. The number of nitrogens with one attached hydrogen (secondary N) is 1. The predicted octanol–water partition coefficient (Wildman–Crippen LogP) is 1.56. The molecule has 0 saturated carbocycles. The SMILES string of the molecule is CC(=O)O[C@H]1[C@@H](c2cc(C(C)(C)C)no2)OC[C@H]1OC(=O)Cn1cnc2c(NC3CCN(S(C)(=O)=O)CC3)ncnc21. The van der Waals surface area contributed by atoms with Crippen molar-refractivity contribution in [3.8, 4) is 0 Å². The molecule has 0 aromatic carbocycles. The van der Waals surface area contributed by atoms with E-state index in [0.717, 1.165) is 0 Å². The van der Waals surface area contributed by atoms with Gasteiger partial charge in [0.15, 0.2) is 35.5 Å². The molecule has 0 unspecified atom stereocenters. The first-order chi connectivity index (χ1) is 19.8. The van der Waals surface area contributed by atoms with E-state index in [-0.39, 0.29) is 24.6 Å². The van der Waals surface area contributed by atoms with Crippen LogP contribution in [0.25, 0.3) is 11.2 Å². The quantitative estimate of drug-likeness (QED) is 0.366. The van der Waals surface area contributed by atoms with Crippen molar-refractivity contribution < 1.29 is 36.7 Å². The molecule has 16 heteroatoms.